The first-order chi connectivity index (χ1) is 16.9. The fourth-order valence-electron chi connectivity index (χ4n) is 4.93. The van der Waals surface area contributed by atoms with Crippen LogP contribution in [0.2, 0.25) is 0 Å². The third-order valence-electron chi connectivity index (χ3n) is 6.43. The van der Waals surface area contributed by atoms with Crippen LogP contribution in [-0.2, 0) is 20.1 Å². The quantitative estimate of drug-likeness (QED) is 0.183. The van der Waals surface area contributed by atoms with E-state index in [4.69, 9.17) is 4.42 Å². The maximum atomic E-state index is 6.25. The van der Waals surface area contributed by atoms with Gasteiger partial charge in [0.25, 0.3) is 0 Å². The van der Waals surface area contributed by atoms with Gasteiger partial charge in [0.1, 0.15) is 11.2 Å². The first kappa shape index (κ1) is 21.7. The van der Waals surface area contributed by atoms with Crippen LogP contribution < -0.4 is 9.80 Å². The molecule has 0 spiro atoms. The third-order valence-corrected chi connectivity index (χ3v) is 6.43. The fraction of sp³-hybridized carbons (Fsp3) is 0. The Kier molecular flexibility index (Phi) is 5.41. The topological polar surface area (TPSA) is 19.6 Å². The number of furan rings is 1. The minimum absolute atomic E-state index is 0. The summed E-state index contributed by atoms with van der Waals surface area (Å²) in [6.07, 6.45) is 0. The molecular formula is C31H20IrN2O-2. The first-order valence-electron chi connectivity index (χ1n) is 11.4. The number of benzene rings is 5. The molecule has 0 saturated heterocycles. The van der Waals surface area contributed by atoms with Crippen LogP contribution in [0.3, 0.4) is 0 Å². The van der Waals surface area contributed by atoms with Crippen LogP contribution in [0.25, 0.3) is 33.1 Å². The van der Waals surface area contributed by atoms with E-state index >= 15 is 0 Å². The zero-order valence-electron chi connectivity index (χ0n) is 18.7. The van der Waals surface area contributed by atoms with E-state index in [9.17, 15) is 0 Å². The number of nitrogens with zero attached hydrogens (tertiary/aromatic N) is 2. The molecule has 0 N–H and O–H groups in total. The van der Waals surface area contributed by atoms with Crippen LogP contribution in [0.15, 0.2) is 120 Å². The number of hydrogen-bond acceptors (Lipinski definition) is 3. The molecule has 1 aromatic heterocycles. The minimum atomic E-state index is 0. The van der Waals surface area contributed by atoms with Gasteiger partial charge >= 0.3 is 0 Å². The van der Waals surface area contributed by atoms with E-state index in [0.717, 1.165) is 55.8 Å². The molecule has 0 atom stereocenters. The van der Waals surface area contributed by atoms with E-state index in [-0.39, 0.29) is 20.1 Å². The van der Waals surface area contributed by atoms with E-state index < -0.39 is 0 Å². The summed E-state index contributed by atoms with van der Waals surface area (Å²) in [7, 11) is 0. The molecule has 6 aromatic rings. The van der Waals surface area contributed by atoms with Crippen LogP contribution in [0.1, 0.15) is 0 Å². The van der Waals surface area contributed by atoms with Gasteiger partial charge in [-0.3, -0.25) is 0 Å². The fourth-order valence-corrected chi connectivity index (χ4v) is 4.93. The van der Waals surface area contributed by atoms with Crippen molar-refractivity contribution in [3.05, 3.63) is 128 Å². The van der Waals surface area contributed by atoms with Gasteiger partial charge in [-0.2, -0.15) is 30.3 Å². The van der Waals surface area contributed by atoms with Crippen LogP contribution in [0.4, 0.5) is 22.7 Å². The van der Waals surface area contributed by atoms with Crippen molar-refractivity contribution < 1.29 is 24.5 Å². The molecule has 3 nitrogen and oxygen atoms in total. The van der Waals surface area contributed by atoms with Crippen LogP contribution in [0.5, 0.6) is 0 Å². The van der Waals surface area contributed by atoms with Crippen molar-refractivity contribution in [2.45, 2.75) is 0 Å². The summed E-state index contributed by atoms with van der Waals surface area (Å²) >= 11 is 0. The Morgan fingerprint density at radius 3 is 2.11 bits per heavy atom. The number of rotatable bonds is 3. The van der Waals surface area contributed by atoms with Crippen molar-refractivity contribution in [3.63, 3.8) is 0 Å². The SMILES string of the molecule is [Ir].[c-]1ccccc1N1[CH-]N(c2ccc3oc4ccccc4c3c2-c2ccccc2)c2ccccc21. The number of anilines is 4. The van der Waals surface area contributed by atoms with E-state index in [1.165, 1.54) is 0 Å². The Morgan fingerprint density at radius 1 is 0.600 bits per heavy atom. The van der Waals surface area contributed by atoms with Crippen molar-refractivity contribution in [1.82, 2.24) is 0 Å². The van der Waals surface area contributed by atoms with Gasteiger partial charge < -0.3 is 14.2 Å². The third kappa shape index (κ3) is 3.46. The van der Waals surface area contributed by atoms with Gasteiger partial charge in [0.2, 0.25) is 0 Å². The average Bonchev–Trinajstić information content (AvgIpc) is 3.48. The zero-order chi connectivity index (χ0) is 22.5. The van der Waals surface area contributed by atoms with Gasteiger partial charge in [0.05, 0.1) is 0 Å². The van der Waals surface area contributed by atoms with E-state index in [0.29, 0.717) is 0 Å². The summed E-state index contributed by atoms with van der Waals surface area (Å²) in [6, 6.07) is 43.0. The van der Waals surface area contributed by atoms with E-state index in [2.05, 4.69) is 107 Å². The molecule has 0 unspecified atom stereocenters. The molecule has 0 amide bonds. The summed E-state index contributed by atoms with van der Waals surface area (Å²) in [5, 5.41) is 2.26. The molecule has 4 heteroatoms. The van der Waals surface area contributed by atoms with Crippen LogP contribution >= 0.6 is 0 Å². The van der Waals surface area contributed by atoms with Gasteiger partial charge in [-0.25, -0.2) is 0 Å². The second kappa shape index (κ2) is 8.74. The monoisotopic (exact) mass is 629 g/mol. The van der Waals surface area contributed by atoms with Crippen molar-refractivity contribution in [2.75, 3.05) is 9.80 Å². The number of hydrogen-bond donors (Lipinski definition) is 0. The van der Waals surface area contributed by atoms with Gasteiger partial charge in [-0.15, -0.1) is 12.4 Å². The predicted octanol–water partition coefficient (Wildman–Crippen LogP) is 8.46. The predicted molar refractivity (Wildman–Crippen MR) is 139 cm³/mol. The van der Waals surface area contributed by atoms with Crippen molar-refractivity contribution in [2.24, 2.45) is 0 Å². The van der Waals surface area contributed by atoms with E-state index in [1.54, 1.807) is 0 Å². The van der Waals surface area contributed by atoms with Gasteiger partial charge in [-0.05, 0) is 35.9 Å². The Morgan fingerprint density at radius 2 is 1.31 bits per heavy atom. The largest absolute Gasteiger partial charge is 0.493 e. The first-order valence-corrected chi connectivity index (χ1v) is 11.4. The average molecular weight is 629 g/mol. The standard InChI is InChI=1S/C31H20N2O.Ir/c1-3-11-22(12-4-1)30-27(19-20-29-31(30)24-15-7-10-18-28(24)34-29)33-21-32(23-13-5-2-6-14-23)25-16-8-9-17-26(25)33;/h1-13,15-21H;/q-2;. The molecule has 1 aliphatic rings. The van der Waals surface area contributed by atoms with Crippen molar-refractivity contribution >= 4 is 44.7 Å². The van der Waals surface area contributed by atoms with Crippen molar-refractivity contribution in [3.8, 4) is 11.1 Å². The summed E-state index contributed by atoms with van der Waals surface area (Å²) < 4.78 is 6.25. The second-order valence-corrected chi connectivity index (χ2v) is 8.39. The molecule has 1 aliphatic heterocycles. The molecule has 1 radical (unpaired) electrons. The molecule has 0 saturated carbocycles. The Balaban J connectivity index is 0.00000229. The maximum absolute atomic E-state index is 6.25. The number of fused-ring (bicyclic) bond motifs is 4. The Hall–Kier alpha value is -3.85. The summed E-state index contributed by atoms with van der Waals surface area (Å²) in [4.78, 5) is 4.47. The second-order valence-electron chi connectivity index (χ2n) is 8.39. The normalized spacial score (nSPS) is 12.7. The molecule has 0 aliphatic carbocycles. The Bertz CT molecular complexity index is 1640. The number of para-hydroxylation sites is 4. The summed E-state index contributed by atoms with van der Waals surface area (Å²) in [5.74, 6) is 0. The molecule has 0 bridgehead atoms. The molecular weight excluding hydrogens is 609 g/mol. The molecule has 7 rings (SSSR count). The molecule has 35 heavy (non-hydrogen) atoms. The molecule has 5 aromatic carbocycles. The smallest absolute Gasteiger partial charge is 0.136 e. The zero-order valence-corrected chi connectivity index (χ0v) is 21.1. The van der Waals surface area contributed by atoms with Gasteiger partial charge in [0.15, 0.2) is 0 Å². The summed E-state index contributed by atoms with van der Waals surface area (Å²) in [5.41, 5.74) is 8.48. The van der Waals surface area contributed by atoms with E-state index in [1.807, 2.05) is 30.3 Å². The molecule has 171 valence electrons. The molecule has 2 heterocycles. The van der Waals surface area contributed by atoms with Gasteiger partial charge in [-0.1, -0.05) is 60.7 Å². The van der Waals surface area contributed by atoms with Gasteiger partial charge in [0, 0.05) is 53.5 Å². The van der Waals surface area contributed by atoms with Crippen LogP contribution in [-0.4, -0.2) is 0 Å². The summed E-state index contributed by atoms with van der Waals surface area (Å²) in [6.45, 7) is 2.16. The maximum Gasteiger partial charge on any atom is 0.136 e. The molecule has 0 fully saturated rings. The minimum Gasteiger partial charge on any atom is -0.493 e. The Labute approximate surface area is 217 Å². The van der Waals surface area contributed by atoms with Crippen LogP contribution in [0, 0.1) is 12.7 Å². The van der Waals surface area contributed by atoms with Crippen molar-refractivity contribution in [1.29, 1.82) is 0 Å².